The Balaban J connectivity index is 0.00000196. The molecule has 78 valence electrons. The SMILES string of the molecule is CC(I)Cc1cccc(S(=O)(=O)[O-])c1.[Na+]. The molecule has 0 saturated carbocycles. The van der Waals surface area contributed by atoms with Crippen molar-refractivity contribution >= 4 is 32.7 Å². The first-order valence-corrected chi connectivity index (χ1v) is 6.74. The average Bonchev–Trinajstić information content (AvgIpc) is 2.01. The molecule has 1 aromatic rings. The van der Waals surface area contributed by atoms with Crippen molar-refractivity contribution in [1.29, 1.82) is 0 Å². The minimum absolute atomic E-state index is 0. The maximum atomic E-state index is 10.7. The van der Waals surface area contributed by atoms with E-state index in [1.807, 2.05) is 13.0 Å². The molecule has 0 aliphatic heterocycles. The average molecular weight is 348 g/mol. The summed E-state index contributed by atoms with van der Waals surface area (Å²) >= 11 is 2.25. The van der Waals surface area contributed by atoms with Crippen molar-refractivity contribution in [3.63, 3.8) is 0 Å². The van der Waals surface area contributed by atoms with Crippen molar-refractivity contribution in [1.82, 2.24) is 0 Å². The zero-order valence-electron chi connectivity index (χ0n) is 8.60. The summed E-state index contributed by atoms with van der Waals surface area (Å²) in [4.78, 5) is -0.146. The first-order chi connectivity index (χ1) is 6.39. The van der Waals surface area contributed by atoms with E-state index in [4.69, 9.17) is 0 Å². The Labute approximate surface area is 126 Å². The van der Waals surface area contributed by atoms with Crippen LogP contribution in [0, 0.1) is 0 Å². The van der Waals surface area contributed by atoms with E-state index in [-0.39, 0.29) is 34.5 Å². The van der Waals surface area contributed by atoms with E-state index in [1.54, 1.807) is 6.07 Å². The summed E-state index contributed by atoms with van der Waals surface area (Å²) in [5.74, 6) is 0. The van der Waals surface area contributed by atoms with E-state index in [9.17, 15) is 13.0 Å². The van der Waals surface area contributed by atoms with Gasteiger partial charge in [0.05, 0.1) is 4.90 Å². The van der Waals surface area contributed by atoms with Crippen LogP contribution in [-0.2, 0) is 16.5 Å². The Hall–Kier alpha value is 0.860. The first kappa shape index (κ1) is 15.9. The minimum atomic E-state index is -4.31. The van der Waals surface area contributed by atoms with Gasteiger partial charge < -0.3 is 4.55 Å². The predicted molar refractivity (Wildman–Crippen MR) is 61.6 cm³/mol. The van der Waals surface area contributed by atoms with Gasteiger partial charge in [-0.05, 0) is 24.1 Å². The van der Waals surface area contributed by atoms with Gasteiger partial charge in [-0.2, -0.15) is 0 Å². The quantitative estimate of drug-likeness (QED) is 0.304. The molecule has 0 aliphatic rings. The van der Waals surface area contributed by atoms with Crippen molar-refractivity contribution in [3.8, 4) is 0 Å². The Kier molecular flexibility index (Phi) is 6.94. The fourth-order valence-corrected chi connectivity index (χ4v) is 2.20. The molecule has 1 atom stereocenters. The summed E-state index contributed by atoms with van der Waals surface area (Å²) in [5, 5.41) is 0. The molecule has 3 nitrogen and oxygen atoms in total. The van der Waals surface area contributed by atoms with Crippen molar-refractivity contribution < 1.29 is 42.5 Å². The molecule has 0 bridgehead atoms. The number of hydrogen-bond acceptors (Lipinski definition) is 3. The second-order valence-corrected chi connectivity index (χ2v) is 6.59. The summed E-state index contributed by atoms with van der Waals surface area (Å²) < 4.78 is 32.6. The van der Waals surface area contributed by atoms with Crippen LogP contribution in [0.25, 0.3) is 0 Å². The third-order valence-corrected chi connectivity index (χ3v) is 2.98. The van der Waals surface area contributed by atoms with Crippen LogP contribution >= 0.6 is 22.6 Å². The van der Waals surface area contributed by atoms with E-state index in [2.05, 4.69) is 22.6 Å². The number of rotatable bonds is 3. The summed E-state index contributed by atoms with van der Waals surface area (Å²) in [7, 11) is -4.31. The third kappa shape index (κ3) is 5.65. The molecule has 1 unspecified atom stereocenters. The first-order valence-electron chi connectivity index (χ1n) is 4.08. The molecule has 0 saturated heterocycles. The number of halogens is 1. The van der Waals surface area contributed by atoms with Gasteiger partial charge in [0.2, 0.25) is 0 Å². The fourth-order valence-electron chi connectivity index (χ4n) is 1.15. The smallest absolute Gasteiger partial charge is 0.744 e. The molecule has 6 heteroatoms. The van der Waals surface area contributed by atoms with Crippen molar-refractivity contribution in [2.75, 3.05) is 0 Å². The standard InChI is InChI=1S/C9H11IO3S.Na/c1-7(10)5-8-3-2-4-9(6-8)14(11,12)13;/h2-4,6-7H,5H2,1H3,(H,11,12,13);/q;+1/p-1. The van der Waals surface area contributed by atoms with Crippen molar-refractivity contribution in [2.24, 2.45) is 0 Å². The van der Waals surface area contributed by atoms with E-state index < -0.39 is 10.1 Å². The van der Waals surface area contributed by atoms with Crippen LogP contribution in [0.15, 0.2) is 29.2 Å². The molecule has 0 amide bonds. The maximum absolute atomic E-state index is 10.7. The van der Waals surface area contributed by atoms with Gasteiger partial charge in [0, 0.05) is 3.92 Å². The van der Waals surface area contributed by atoms with Crippen LogP contribution in [0.4, 0.5) is 0 Å². The molecule has 1 rings (SSSR count). The van der Waals surface area contributed by atoms with Crippen LogP contribution in [0.5, 0.6) is 0 Å². The van der Waals surface area contributed by atoms with Crippen LogP contribution in [-0.4, -0.2) is 16.9 Å². The van der Waals surface area contributed by atoms with Gasteiger partial charge in [0.1, 0.15) is 10.1 Å². The van der Waals surface area contributed by atoms with E-state index in [0.29, 0.717) is 3.92 Å². The second kappa shape index (κ2) is 6.56. The zero-order chi connectivity index (χ0) is 10.8. The third-order valence-electron chi connectivity index (χ3n) is 1.70. The second-order valence-electron chi connectivity index (χ2n) is 3.09. The maximum Gasteiger partial charge on any atom is 1.00 e. The van der Waals surface area contributed by atoms with Crippen LogP contribution in [0.3, 0.4) is 0 Å². The molecule has 0 fully saturated rings. The van der Waals surface area contributed by atoms with E-state index in [1.165, 1.54) is 12.1 Å². The Morgan fingerprint density at radius 3 is 2.53 bits per heavy atom. The Morgan fingerprint density at radius 2 is 2.07 bits per heavy atom. The van der Waals surface area contributed by atoms with Gasteiger partial charge in [0.15, 0.2) is 0 Å². The summed E-state index contributed by atoms with van der Waals surface area (Å²) in [6.45, 7) is 2.03. The predicted octanol–water partition coefficient (Wildman–Crippen LogP) is -1.04. The molecule has 15 heavy (non-hydrogen) atoms. The molecular weight excluding hydrogens is 338 g/mol. The van der Waals surface area contributed by atoms with Gasteiger partial charge >= 0.3 is 29.6 Å². The molecular formula is C9H10INaO3S. The van der Waals surface area contributed by atoms with E-state index in [0.717, 1.165) is 12.0 Å². The molecule has 0 N–H and O–H groups in total. The molecule has 0 spiro atoms. The number of alkyl halides is 1. The van der Waals surface area contributed by atoms with Crippen LogP contribution < -0.4 is 29.6 Å². The summed E-state index contributed by atoms with van der Waals surface area (Å²) in [5.41, 5.74) is 0.879. The minimum Gasteiger partial charge on any atom is -0.744 e. The Bertz CT molecular complexity index is 417. The van der Waals surface area contributed by atoms with Gasteiger partial charge in [0.25, 0.3) is 0 Å². The van der Waals surface area contributed by atoms with Crippen molar-refractivity contribution in [2.45, 2.75) is 22.2 Å². The van der Waals surface area contributed by atoms with Crippen molar-refractivity contribution in [3.05, 3.63) is 29.8 Å². The summed E-state index contributed by atoms with van der Waals surface area (Å²) in [6.07, 6.45) is 0.768. The number of benzene rings is 1. The molecule has 0 aliphatic carbocycles. The zero-order valence-corrected chi connectivity index (χ0v) is 13.6. The van der Waals surface area contributed by atoms with Crippen LogP contribution in [0.2, 0.25) is 0 Å². The van der Waals surface area contributed by atoms with Crippen LogP contribution in [0.1, 0.15) is 12.5 Å². The van der Waals surface area contributed by atoms with Gasteiger partial charge in [-0.15, -0.1) is 0 Å². The molecule has 1 aromatic carbocycles. The fraction of sp³-hybridized carbons (Fsp3) is 0.333. The summed E-state index contributed by atoms with van der Waals surface area (Å²) in [6, 6.07) is 6.18. The van der Waals surface area contributed by atoms with Gasteiger partial charge in [-0.25, -0.2) is 8.42 Å². The van der Waals surface area contributed by atoms with E-state index >= 15 is 0 Å². The monoisotopic (exact) mass is 348 g/mol. The topological polar surface area (TPSA) is 57.2 Å². The van der Waals surface area contributed by atoms with Gasteiger partial charge in [-0.3, -0.25) is 0 Å². The molecule has 0 heterocycles. The molecule has 0 aromatic heterocycles. The Morgan fingerprint density at radius 1 is 1.47 bits per heavy atom. The molecule has 0 radical (unpaired) electrons. The largest absolute Gasteiger partial charge is 1.00 e. The number of hydrogen-bond donors (Lipinski definition) is 0. The normalized spacial score (nSPS) is 13.0. The van der Waals surface area contributed by atoms with Gasteiger partial charge in [-0.1, -0.05) is 41.6 Å².